The Hall–Kier alpha value is -3.82. The molecule has 0 aliphatic rings. The van der Waals surface area contributed by atoms with Crippen molar-refractivity contribution in [2.24, 2.45) is 5.10 Å². The van der Waals surface area contributed by atoms with Gasteiger partial charge in [-0.05, 0) is 60.5 Å². The molecule has 10 heteroatoms. The van der Waals surface area contributed by atoms with E-state index in [1.54, 1.807) is 19.4 Å². The van der Waals surface area contributed by atoms with E-state index in [0.29, 0.717) is 34.8 Å². The summed E-state index contributed by atoms with van der Waals surface area (Å²) in [6, 6.07) is 22.8. The Morgan fingerprint density at radius 3 is 2.59 bits per heavy atom. The van der Waals surface area contributed by atoms with Gasteiger partial charge in [-0.3, -0.25) is 4.79 Å². The van der Waals surface area contributed by atoms with Crippen LogP contribution in [-0.4, -0.2) is 39.7 Å². The predicted molar refractivity (Wildman–Crippen MR) is 146 cm³/mol. The van der Waals surface area contributed by atoms with Crippen LogP contribution < -0.4 is 14.9 Å². The Bertz CT molecular complexity index is 1360. The van der Waals surface area contributed by atoms with Crippen molar-refractivity contribution >= 4 is 35.5 Å². The number of nitrogens with zero attached hydrogens (tertiary/aromatic N) is 4. The fraction of sp³-hybridized carbons (Fsp3) is 0.185. The number of nitrogens with one attached hydrogen (secondary N) is 1. The number of benzene rings is 3. The SMILES string of the molecule is CCn1c(SCC(=O)N/N=C\c2ccc(OCc3ccccc3)c(OC)c2)nnc1-c1ccc(Cl)cc1. The summed E-state index contributed by atoms with van der Waals surface area (Å²) in [4.78, 5) is 12.4. The molecular formula is C27H26ClN5O3S. The number of thioether (sulfide) groups is 1. The summed E-state index contributed by atoms with van der Waals surface area (Å²) >= 11 is 7.28. The zero-order chi connectivity index (χ0) is 26.0. The zero-order valence-corrected chi connectivity index (χ0v) is 22.0. The summed E-state index contributed by atoms with van der Waals surface area (Å²) in [7, 11) is 1.58. The molecule has 0 saturated heterocycles. The van der Waals surface area contributed by atoms with Crippen molar-refractivity contribution in [3.63, 3.8) is 0 Å². The van der Waals surface area contributed by atoms with E-state index in [0.717, 1.165) is 22.5 Å². The van der Waals surface area contributed by atoms with Crippen molar-refractivity contribution in [3.05, 3.63) is 88.9 Å². The van der Waals surface area contributed by atoms with Crippen molar-refractivity contribution in [1.29, 1.82) is 0 Å². The molecular weight excluding hydrogens is 510 g/mol. The molecule has 0 bridgehead atoms. The van der Waals surface area contributed by atoms with Gasteiger partial charge in [-0.1, -0.05) is 53.7 Å². The minimum Gasteiger partial charge on any atom is -0.493 e. The van der Waals surface area contributed by atoms with E-state index in [4.69, 9.17) is 21.1 Å². The molecule has 0 aliphatic heterocycles. The fourth-order valence-electron chi connectivity index (χ4n) is 3.45. The second-order valence-electron chi connectivity index (χ2n) is 7.82. The molecule has 0 unspecified atom stereocenters. The Balaban J connectivity index is 1.31. The van der Waals surface area contributed by atoms with E-state index in [1.807, 2.05) is 78.2 Å². The normalized spacial score (nSPS) is 11.0. The van der Waals surface area contributed by atoms with E-state index in [1.165, 1.54) is 11.8 Å². The summed E-state index contributed by atoms with van der Waals surface area (Å²) < 4.78 is 13.3. The highest BCUT2D eigenvalue weighted by Crippen LogP contribution is 2.28. The predicted octanol–water partition coefficient (Wildman–Crippen LogP) is 5.45. The molecule has 8 nitrogen and oxygen atoms in total. The number of halogens is 1. The van der Waals surface area contributed by atoms with Crippen molar-refractivity contribution in [2.75, 3.05) is 12.9 Å². The van der Waals surface area contributed by atoms with Gasteiger partial charge in [0.15, 0.2) is 22.5 Å². The molecule has 4 rings (SSSR count). The molecule has 190 valence electrons. The summed E-state index contributed by atoms with van der Waals surface area (Å²) in [5, 5.41) is 13.9. The molecule has 37 heavy (non-hydrogen) atoms. The van der Waals surface area contributed by atoms with Crippen molar-refractivity contribution in [2.45, 2.75) is 25.2 Å². The number of hydrazone groups is 1. The van der Waals surface area contributed by atoms with Gasteiger partial charge < -0.3 is 14.0 Å². The third-order valence-corrected chi connectivity index (χ3v) is 6.51. The molecule has 3 aromatic carbocycles. The molecule has 0 saturated carbocycles. The first-order valence-electron chi connectivity index (χ1n) is 11.6. The number of amides is 1. The Morgan fingerprint density at radius 1 is 1.08 bits per heavy atom. The fourth-order valence-corrected chi connectivity index (χ4v) is 4.37. The van der Waals surface area contributed by atoms with Crippen LogP contribution in [-0.2, 0) is 17.9 Å². The summed E-state index contributed by atoms with van der Waals surface area (Å²) in [6.45, 7) is 3.11. The molecule has 1 N–H and O–H groups in total. The van der Waals surface area contributed by atoms with Crippen LogP contribution in [0.5, 0.6) is 11.5 Å². The first-order valence-corrected chi connectivity index (χ1v) is 12.9. The molecule has 1 aromatic heterocycles. The smallest absolute Gasteiger partial charge is 0.250 e. The average molecular weight is 536 g/mol. The molecule has 0 atom stereocenters. The molecule has 0 spiro atoms. The van der Waals surface area contributed by atoms with Gasteiger partial charge in [0.1, 0.15) is 6.61 Å². The van der Waals surface area contributed by atoms with Crippen LogP contribution in [0, 0.1) is 0 Å². The van der Waals surface area contributed by atoms with Crippen LogP contribution in [0.3, 0.4) is 0 Å². The van der Waals surface area contributed by atoms with Gasteiger partial charge in [-0.25, -0.2) is 5.43 Å². The van der Waals surface area contributed by atoms with E-state index >= 15 is 0 Å². The van der Waals surface area contributed by atoms with Crippen LogP contribution in [0.2, 0.25) is 5.02 Å². The topological polar surface area (TPSA) is 90.6 Å². The third kappa shape index (κ3) is 7.12. The molecule has 0 radical (unpaired) electrons. The number of ether oxygens (including phenoxy) is 2. The number of carbonyl (C=O) groups excluding carboxylic acids is 1. The number of hydrogen-bond donors (Lipinski definition) is 1. The molecule has 0 aliphatic carbocycles. The molecule has 0 fully saturated rings. The zero-order valence-electron chi connectivity index (χ0n) is 20.4. The van der Waals surface area contributed by atoms with Gasteiger partial charge in [0.25, 0.3) is 5.91 Å². The van der Waals surface area contributed by atoms with Crippen LogP contribution in [0.4, 0.5) is 0 Å². The second-order valence-corrected chi connectivity index (χ2v) is 9.20. The van der Waals surface area contributed by atoms with E-state index in [9.17, 15) is 4.79 Å². The van der Waals surface area contributed by atoms with Crippen molar-refractivity contribution in [1.82, 2.24) is 20.2 Å². The summed E-state index contributed by atoms with van der Waals surface area (Å²) in [5.41, 5.74) is 5.28. The maximum absolute atomic E-state index is 12.4. The van der Waals surface area contributed by atoms with Gasteiger partial charge >= 0.3 is 0 Å². The van der Waals surface area contributed by atoms with Crippen LogP contribution in [0.1, 0.15) is 18.1 Å². The monoisotopic (exact) mass is 535 g/mol. The standard InChI is InChI=1S/C27H26ClN5O3S/c1-3-33-26(21-10-12-22(28)13-11-21)31-32-27(33)37-18-25(34)30-29-16-20-9-14-23(24(15-20)35-2)36-17-19-7-5-4-6-8-19/h4-16H,3,17-18H2,1-2H3,(H,30,34)/b29-16-. The van der Waals surface area contributed by atoms with E-state index < -0.39 is 0 Å². The number of rotatable bonds is 11. The number of methoxy groups -OCH3 is 1. The highest BCUT2D eigenvalue weighted by atomic mass is 35.5. The lowest BCUT2D eigenvalue weighted by atomic mass is 10.2. The van der Waals surface area contributed by atoms with Gasteiger partial charge in [-0.2, -0.15) is 5.10 Å². The minimum atomic E-state index is -0.255. The molecule has 1 heterocycles. The minimum absolute atomic E-state index is 0.145. The lowest BCUT2D eigenvalue weighted by Crippen LogP contribution is -2.20. The largest absolute Gasteiger partial charge is 0.493 e. The highest BCUT2D eigenvalue weighted by Gasteiger charge is 2.14. The Labute approximate surface area is 224 Å². The Kier molecular flexibility index (Phi) is 9.18. The van der Waals surface area contributed by atoms with E-state index in [2.05, 4.69) is 20.7 Å². The first-order chi connectivity index (χ1) is 18.1. The number of carbonyl (C=O) groups is 1. The molecule has 1 amide bonds. The van der Waals surface area contributed by atoms with Gasteiger partial charge in [-0.15, -0.1) is 10.2 Å². The highest BCUT2D eigenvalue weighted by molar-refractivity contribution is 7.99. The maximum Gasteiger partial charge on any atom is 0.250 e. The number of hydrogen-bond acceptors (Lipinski definition) is 7. The first kappa shape index (κ1) is 26.2. The lowest BCUT2D eigenvalue weighted by Gasteiger charge is -2.11. The Morgan fingerprint density at radius 2 is 1.86 bits per heavy atom. The maximum atomic E-state index is 12.4. The van der Waals surface area contributed by atoms with Crippen LogP contribution >= 0.6 is 23.4 Å². The molecule has 4 aromatic rings. The second kappa shape index (κ2) is 12.9. The third-order valence-electron chi connectivity index (χ3n) is 5.30. The average Bonchev–Trinajstić information content (AvgIpc) is 3.35. The van der Waals surface area contributed by atoms with Gasteiger partial charge in [0.05, 0.1) is 19.1 Å². The van der Waals surface area contributed by atoms with Crippen molar-refractivity contribution in [3.8, 4) is 22.9 Å². The van der Waals surface area contributed by atoms with Gasteiger partial charge in [0, 0.05) is 17.1 Å². The summed E-state index contributed by atoms with van der Waals surface area (Å²) in [6.07, 6.45) is 1.55. The van der Waals surface area contributed by atoms with E-state index in [-0.39, 0.29) is 11.7 Å². The van der Waals surface area contributed by atoms with Gasteiger partial charge in [0.2, 0.25) is 0 Å². The van der Waals surface area contributed by atoms with Crippen molar-refractivity contribution < 1.29 is 14.3 Å². The number of aromatic nitrogens is 3. The lowest BCUT2D eigenvalue weighted by molar-refractivity contribution is -0.118. The van der Waals surface area contributed by atoms with Crippen LogP contribution in [0.25, 0.3) is 11.4 Å². The quantitative estimate of drug-likeness (QED) is 0.156. The van der Waals surface area contributed by atoms with Crippen LogP contribution in [0.15, 0.2) is 83.1 Å². The summed E-state index contributed by atoms with van der Waals surface area (Å²) in [5.74, 6) is 1.82.